The monoisotopic (exact) mass is 385 g/mol. The first-order valence-corrected chi connectivity index (χ1v) is 11.3. The van der Waals surface area contributed by atoms with Crippen LogP contribution in [0, 0.1) is 17.3 Å². The zero-order valence-electron chi connectivity index (χ0n) is 15.1. The first-order chi connectivity index (χ1) is 12.1. The second-order valence-electron chi connectivity index (χ2n) is 9.10. The van der Waals surface area contributed by atoms with Crippen LogP contribution in [0.4, 0.5) is 0 Å². The van der Waals surface area contributed by atoms with E-state index in [2.05, 4.69) is 0 Å². The highest BCUT2D eigenvalue weighted by Gasteiger charge is 2.61. The molecule has 0 aromatic heterocycles. The van der Waals surface area contributed by atoms with Crippen molar-refractivity contribution < 1.29 is 27.9 Å². The second kappa shape index (κ2) is 5.92. The molecule has 1 aliphatic heterocycles. The molecule has 0 radical (unpaired) electrons. The lowest BCUT2D eigenvalue weighted by Crippen LogP contribution is -2.58. The number of aliphatic hydroxyl groups is 1. The molecule has 3 atom stereocenters. The Bertz CT molecular complexity index is 718. The molecule has 0 spiro atoms. The van der Waals surface area contributed by atoms with Crippen LogP contribution in [0.3, 0.4) is 0 Å². The minimum Gasteiger partial charge on any atom is -0.455 e. The molecule has 0 unspecified atom stereocenters. The predicted molar refractivity (Wildman–Crippen MR) is 92.9 cm³/mol. The lowest BCUT2D eigenvalue weighted by molar-refractivity contribution is -0.197. The highest BCUT2D eigenvalue weighted by atomic mass is 32.2. The van der Waals surface area contributed by atoms with Gasteiger partial charge in [-0.3, -0.25) is 9.59 Å². The van der Waals surface area contributed by atoms with E-state index in [0.29, 0.717) is 24.7 Å². The van der Waals surface area contributed by atoms with E-state index in [4.69, 9.17) is 4.74 Å². The van der Waals surface area contributed by atoms with E-state index in [1.807, 2.05) is 0 Å². The van der Waals surface area contributed by atoms with Crippen LogP contribution in [0.15, 0.2) is 0 Å². The minimum atomic E-state index is -3.07. The van der Waals surface area contributed by atoms with Gasteiger partial charge in [0.1, 0.15) is 0 Å². The fraction of sp³-hybridized carbons (Fsp3) is 0.889. The number of carbonyl (C=O) groups is 2. The first-order valence-electron chi connectivity index (χ1n) is 9.46. The van der Waals surface area contributed by atoms with Crippen molar-refractivity contribution in [1.29, 1.82) is 0 Å². The third-order valence-corrected chi connectivity index (χ3v) is 8.69. The van der Waals surface area contributed by atoms with Crippen molar-refractivity contribution in [2.45, 2.75) is 56.6 Å². The maximum Gasteiger partial charge on any atom is 0.312 e. The Hall–Kier alpha value is -1.15. The highest BCUT2D eigenvalue weighted by molar-refractivity contribution is 7.91. The number of ether oxygens (including phenoxy) is 1. The van der Waals surface area contributed by atoms with E-state index in [-0.39, 0.29) is 36.0 Å². The number of rotatable bonds is 4. The summed E-state index contributed by atoms with van der Waals surface area (Å²) in [4.78, 5) is 26.5. The zero-order valence-corrected chi connectivity index (χ0v) is 16.0. The molecule has 4 bridgehead atoms. The molecular formula is C18H27NO6S. The van der Waals surface area contributed by atoms with Crippen molar-refractivity contribution >= 4 is 21.7 Å². The van der Waals surface area contributed by atoms with Gasteiger partial charge in [0.2, 0.25) is 0 Å². The summed E-state index contributed by atoms with van der Waals surface area (Å²) in [5.41, 5.74) is -1.39. The van der Waals surface area contributed by atoms with Gasteiger partial charge in [0.15, 0.2) is 16.4 Å². The summed E-state index contributed by atoms with van der Waals surface area (Å²) in [6.45, 7) is -0.360. The number of sulfone groups is 1. The quantitative estimate of drug-likeness (QED) is 0.708. The van der Waals surface area contributed by atoms with Crippen LogP contribution in [-0.2, 0) is 24.2 Å². The standard InChI is InChI=1S/C18H27NO6S/c1-19(14-2-3-26(23,24)10-14)15(20)9-25-16(21)17-5-12-4-13(6-17)8-18(22,7-12)11-17/h12-14,22H,2-11H2,1H3/t12-,13-,14+,17?,18?/m1/s1. The minimum absolute atomic E-state index is 0.0243. The van der Waals surface area contributed by atoms with Gasteiger partial charge in [-0.25, -0.2) is 8.42 Å². The molecule has 5 aliphatic rings. The van der Waals surface area contributed by atoms with Crippen LogP contribution >= 0.6 is 0 Å². The van der Waals surface area contributed by atoms with Crippen molar-refractivity contribution in [2.75, 3.05) is 25.2 Å². The number of esters is 1. The number of nitrogens with zero attached hydrogens (tertiary/aromatic N) is 1. The van der Waals surface area contributed by atoms with Crippen LogP contribution in [0.1, 0.15) is 44.9 Å². The Morgan fingerprint density at radius 3 is 2.38 bits per heavy atom. The van der Waals surface area contributed by atoms with Gasteiger partial charge in [-0.1, -0.05) is 0 Å². The zero-order chi connectivity index (χ0) is 18.7. The van der Waals surface area contributed by atoms with E-state index < -0.39 is 20.9 Å². The van der Waals surface area contributed by atoms with Gasteiger partial charge in [0.25, 0.3) is 5.91 Å². The number of amides is 1. The molecular weight excluding hydrogens is 358 g/mol. The van der Waals surface area contributed by atoms with Crippen molar-refractivity contribution in [3.8, 4) is 0 Å². The molecule has 26 heavy (non-hydrogen) atoms. The molecule has 0 aromatic carbocycles. The molecule has 8 heteroatoms. The van der Waals surface area contributed by atoms with Gasteiger partial charge in [0, 0.05) is 13.1 Å². The van der Waals surface area contributed by atoms with Gasteiger partial charge in [0.05, 0.1) is 22.5 Å². The lowest BCUT2D eigenvalue weighted by Gasteiger charge is -2.58. The van der Waals surface area contributed by atoms with Crippen LogP contribution in [0.25, 0.3) is 0 Å². The smallest absolute Gasteiger partial charge is 0.312 e. The lowest BCUT2D eigenvalue weighted by atomic mass is 9.48. The summed E-state index contributed by atoms with van der Waals surface area (Å²) in [7, 11) is -1.51. The van der Waals surface area contributed by atoms with Gasteiger partial charge < -0.3 is 14.7 Å². The normalized spacial score (nSPS) is 42.6. The fourth-order valence-electron chi connectivity index (χ4n) is 6.12. The number of hydrogen-bond acceptors (Lipinski definition) is 6. The summed E-state index contributed by atoms with van der Waals surface area (Å²) >= 11 is 0. The van der Waals surface area contributed by atoms with Crippen molar-refractivity contribution in [2.24, 2.45) is 17.3 Å². The fourth-order valence-corrected chi connectivity index (χ4v) is 7.89. The van der Waals surface area contributed by atoms with Crippen LogP contribution in [0.5, 0.6) is 0 Å². The third kappa shape index (κ3) is 3.15. The largest absolute Gasteiger partial charge is 0.455 e. The molecule has 1 N–H and O–H groups in total. The van der Waals surface area contributed by atoms with E-state index in [0.717, 1.165) is 32.1 Å². The summed E-state index contributed by atoms with van der Waals surface area (Å²) in [5.74, 6) is 0.0738. The maximum atomic E-state index is 12.8. The van der Waals surface area contributed by atoms with Crippen molar-refractivity contribution in [3.63, 3.8) is 0 Å². The molecule has 0 aromatic rings. The molecule has 1 heterocycles. The Balaban J connectivity index is 1.36. The Labute approximate surface area is 154 Å². The van der Waals surface area contributed by atoms with E-state index >= 15 is 0 Å². The molecule has 1 saturated heterocycles. The molecule has 1 amide bonds. The van der Waals surface area contributed by atoms with E-state index in [9.17, 15) is 23.1 Å². The van der Waals surface area contributed by atoms with Gasteiger partial charge in [-0.15, -0.1) is 0 Å². The van der Waals surface area contributed by atoms with Crippen LogP contribution < -0.4 is 0 Å². The third-order valence-electron chi connectivity index (χ3n) is 6.94. The van der Waals surface area contributed by atoms with Crippen LogP contribution in [0.2, 0.25) is 0 Å². The SMILES string of the molecule is CN(C(=O)COC(=O)C12C[C@H]3C[C@@H](CC(O)(C3)C1)C2)[C@H]1CCS(=O)(=O)C1. The molecule has 5 fully saturated rings. The number of carbonyl (C=O) groups excluding carboxylic acids is 2. The van der Waals surface area contributed by atoms with Crippen molar-refractivity contribution in [1.82, 2.24) is 4.90 Å². The average molecular weight is 385 g/mol. The molecule has 4 saturated carbocycles. The van der Waals surface area contributed by atoms with Crippen LogP contribution in [-0.4, -0.2) is 67.1 Å². The second-order valence-corrected chi connectivity index (χ2v) is 11.3. The Morgan fingerprint density at radius 2 is 1.85 bits per heavy atom. The Morgan fingerprint density at radius 1 is 1.19 bits per heavy atom. The molecule has 146 valence electrons. The summed E-state index contributed by atoms with van der Waals surface area (Å²) < 4.78 is 28.5. The molecule has 7 nitrogen and oxygen atoms in total. The number of hydrogen-bond donors (Lipinski definition) is 1. The predicted octanol–water partition coefficient (Wildman–Crippen LogP) is 0.506. The van der Waals surface area contributed by atoms with Crippen molar-refractivity contribution in [3.05, 3.63) is 0 Å². The maximum absolute atomic E-state index is 12.8. The van der Waals surface area contributed by atoms with E-state index in [1.54, 1.807) is 7.05 Å². The highest BCUT2D eigenvalue weighted by Crippen LogP contribution is 2.61. The van der Waals surface area contributed by atoms with E-state index in [1.165, 1.54) is 4.90 Å². The summed E-state index contributed by atoms with van der Waals surface area (Å²) in [6, 6.07) is -0.341. The summed E-state index contributed by atoms with van der Waals surface area (Å²) in [5, 5.41) is 10.7. The molecule has 4 aliphatic carbocycles. The molecule has 5 rings (SSSR count). The average Bonchev–Trinajstić information content (AvgIpc) is 2.89. The van der Waals surface area contributed by atoms with Gasteiger partial charge in [-0.05, 0) is 56.8 Å². The first kappa shape index (κ1) is 18.2. The topological polar surface area (TPSA) is 101 Å². The Kier molecular flexibility index (Phi) is 4.15. The van der Waals surface area contributed by atoms with Gasteiger partial charge in [-0.2, -0.15) is 0 Å². The van der Waals surface area contributed by atoms with Gasteiger partial charge >= 0.3 is 5.97 Å². The number of likely N-dealkylation sites (N-methyl/N-ethyl adjacent to an activating group) is 1. The summed E-state index contributed by atoms with van der Waals surface area (Å²) in [6.07, 6.45) is 4.99.